The first-order valence-electron chi connectivity index (χ1n) is 44.7. The molecule has 0 bridgehead atoms. The number of carbonyl (C=O) groups is 4. The van der Waals surface area contributed by atoms with Crippen molar-refractivity contribution in [1.29, 1.82) is 0 Å². The molecule has 0 spiro atoms. The molecule has 8 aromatic carbocycles. The van der Waals surface area contributed by atoms with E-state index in [1.165, 1.54) is 110 Å². The highest BCUT2D eigenvalue weighted by atomic mass is 32.2. The summed E-state index contributed by atoms with van der Waals surface area (Å²) in [5, 5.41) is 30.6. The van der Waals surface area contributed by atoms with Crippen LogP contribution in [-0.4, -0.2) is 77.0 Å². The number of aromatic nitrogens is 6. The van der Waals surface area contributed by atoms with Crippen molar-refractivity contribution in [1.82, 2.24) is 20.2 Å². The highest BCUT2D eigenvalue weighted by molar-refractivity contribution is 7.93. The summed E-state index contributed by atoms with van der Waals surface area (Å²) in [6.45, 7) is 65.6. The van der Waals surface area contributed by atoms with Gasteiger partial charge in [-0.15, -0.1) is 5.10 Å². The number of benzene rings is 8. The van der Waals surface area contributed by atoms with Crippen molar-refractivity contribution >= 4 is 86.0 Å². The number of hydrogen-bond donors (Lipinski definition) is 4. The molecule has 0 unspecified atom stereocenters. The lowest BCUT2D eigenvalue weighted by Crippen LogP contribution is -2.29. The number of ketones is 4. The third-order valence-corrected chi connectivity index (χ3v) is 23.7. The van der Waals surface area contributed by atoms with Crippen molar-refractivity contribution in [2.75, 3.05) is 18.9 Å². The van der Waals surface area contributed by atoms with Crippen LogP contribution in [0.4, 0.5) is 22.7 Å². The number of aryl methyl sites for hydroxylation is 14. The SMILES string of the molecule is CC.CC.CC.CC.CC.CC.CC.CC.CC.CC.Cc1ccc(S(=O)(=O)Nc2cc(C)c(C)cc2C(=O)c2cc[n+]([O-])c(C)c2)cc1.Cc1ccc(S(=O)(=O)Nc2cc(C)c(C)cc2C(=O)c2cc[n+]([O-])cc2C)cc1.Cc1ccc(S(=O)(=O)Nc2cc(C)c(C)cc2C(=O)c2cccnn2)cc1.Cc1ccc(S(=O)(=O)Nc2cc(C)c(C)cc2C(=O)c2ccncn2)cc1. The van der Waals surface area contributed by atoms with Crippen LogP contribution in [-0.2, 0) is 40.1 Å². The van der Waals surface area contributed by atoms with Gasteiger partial charge in [-0.25, -0.2) is 43.6 Å². The van der Waals surface area contributed by atoms with E-state index in [-0.39, 0.29) is 93.3 Å². The molecule has 12 rings (SSSR count). The monoisotopic (exact) mass is 1880 g/mol. The first-order chi connectivity index (χ1) is 62.7. The first-order valence-corrected chi connectivity index (χ1v) is 50.6. The fourth-order valence-corrected chi connectivity index (χ4v) is 15.3. The van der Waals surface area contributed by atoms with Crippen LogP contribution in [0.25, 0.3) is 0 Å². The Morgan fingerprint density at radius 1 is 0.295 bits per heavy atom. The van der Waals surface area contributed by atoms with E-state index in [9.17, 15) is 63.3 Å². The lowest BCUT2D eigenvalue weighted by atomic mass is 9.96. The summed E-state index contributed by atoms with van der Waals surface area (Å²) in [5.41, 5.74) is 14.4. The Morgan fingerprint density at radius 2 is 0.583 bits per heavy atom. The summed E-state index contributed by atoms with van der Waals surface area (Å²) in [4.78, 5) is 60.3. The van der Waals surface area contributed by atoms with Crippen LogP contribution in [0.15, 0.2) is 239 Å². The molecule has 0 atom stereocenters. The van der Waals surface area contributed by atoms with E-state index in [2.05, 4.69) is 39.1 Å². The largest absolute Gasteiger partial charge is 0.619 e. The Morgan fingerprint density at radius 3 is 0.856 bits per heavy atom. The molecule has 132 heavy (non-hydrogen) atoms. The topological polar surface area (TPSA) is 358 Å². The number of hydrogen-bond acceptors (Lipinski definition) is 18. The van der Waals surface area contributed by atoms with Gasteiger partial charge >= 0.3 is 0 Å². The average Bonchev–Trinajstić information content (AvgIpc) is 0.805. The molecule has 0 amide bonds. The van der Waals surface area contributed by atoms with Gasteiger partial charge in [0.25, 0.3) is 40.1 Å². The molecular weight excluding hydrogens is 1740 g/mol. The van der Waals surface area contributed by atoms with Gasteiger partial charge in [0.15, 0.2) is 35.9 Å². The van der Waals surface area contributed by atoms with Crippen LogP contribution in [0.5, 0.6) is 0 Å². The van der Waals surface area contributed by atoms with Gasteiger partial charge in [0.05, 0.1) is 42.3 Å². The molecule has 0 aliphatic heterocycles. The summed E-state index contributed by atoms with van der Waals surface area (Å²) in [6, 6.07) is 48.3. The van der Waals surface area contributed by atoms with Gasteiger partial charge in [0.1, 0.15) is 17.7 Å². The lowest BCUT2D eigenvalue weighted by Gasteiger charge is -2.15. The Balaban J connectivity index is 0. The number of sulfonamides is 4. The maximum absolute atomic E-state index is 13.2. The highest BCUT2D eigenvalue weighted by Crippen LogP contribution is 2.32. The number of rotatable bonds is 20. The predicted molar refractivity (Wildman–Crippen MR) is 543 cm³/mol. The van der Waals surface area contributed by atoms with Crippen LogP contribution < -0.4 is 28.3 Å². The molecule has 24 nitrogen and oxygen atoms in total. The number of carbonyl (C=O) groups excluding carboxylic acids is 4. The van der Waals surface area contributed by atoms with Crippen molar-refractivity contribution in [3.05, 3.63) is 353 Å². The summed E-state index contributed by atoms with van der Waals surface area (Å²) < 4.78 is 114. The smallest absolute Gasteiger partial charge is 0.261 e. The molecule has 4 heterocycles. The van der Waals surface area contributed by atoms with Gasteiger partial charge in [-0.05, 0) is 250 Å². The maximum Gasteiger partial charge on any atom is 0.261 e. The second-order valence-electron chi connectivity index (χ2n) is 26.9. The summed E-state index contributed by atoms with van der Waals surface area (Å²) in [6.07, 6.45) is 8.04. The molecule has 0 radical (unpaired) electrons. The third kappa shape index (κ3) is 36.3. The maximum atomic E-state index is 13.2. The van der Waals surface area contributed by atoms with Crippen LogP contribution in [0.2, 0.25) is 0 Å². The van der Waals surface area contributed by atoms with Gasteiger partial charge in [-0.3, -0.25) is 38.1 Å². The van der Waals surface area contributed by atoms with E-state index in [4.69, 9.17) is 0 Å². The second kappa shape index (κ2) is 61.2. The van der Waals surface area contributed by atoms with E-state index >= 15 is 0 Å². The van der Waals surface area contributed by atoms with E-state index in [0.29, 0.717) is 31.8 Å². The fraction of sp³-hybridized carbons (Fsp3) is 0.327. The van der Waals surface area contributed by atoms with Crippen LogP contribution >= 0.6 is 0 Å². The summed E-state index contributed by atoms with van der Waals surface area (Å²) in [7, 11) is -15.4. The predicted octanol–water partition coefficient (Wildman–Crippen LogP) is 24.3. The number of nitrogens with zero attached hydrogens (tertiary/aromatic N) is 6. The molecule has 716 valence electrons. The van der Waals surface area contributed by atoms with Crippen molar-refractivity contribution in [2.45, 2.75) is 255 Å². The Hall–Kier alpha value is -12.5. The first kappa shape index (κ1) is 122. The van der Waals surface area contributed by atoms with Gasteiger partial charge in [-0.1, -0.05) is 209 Å². The molecule has 0 saturated heterocycles. The standard InChI is InChI=1S/2C22H22N2O4S.2C20H19N3O3S.10C2H6/c1-14-5-7-19(8-6-14)29(27,28)23-21-12-16(3)15(2)11-20(21)22(25)18-9-10-24(26)17(4)13-18;1-14-5-7-18(8-6-14)29(27,28)23-21-12-16(3)15(2)11-20(21)22(25)19-9-10-24(26)13-17(19)4;1-13-4-6-16(7-5-13)27(25,26)23-19-11-15(3)14(2)10-17(19)20(24)18-8-9-21-12-22-18;1-13-6-8-16(9-7-13)27(25,26)23-19-12-15(3)14(2)11-17(19)20(24)18-5-4-10-21-22-18;10*1-2/h2*5-13,23H,1-4H3;2*4-12,23H,1-3H3;10*1-2H3. The zero-order valence-corrected chi connectivity index (χ0v) is 87.1. The van der Waals surface area contributed by atoms with Crippen molar-refractivity contribution in [3.63, 3.8) is 0 Å². The molecule has 4 N–H and O–H groups in total. The summed E-state index contributed by atoms with van der Waals surface area (Å²) in [5.74, 6) is -1.49. The zero-order valence-electron chi connectivity index (χ0n) is 83.8. The van der Waals surface area contributed by atoms with E-state index in [1.54, 1.807) is 123 Å². The summed E-state index contributed by atoms with van der Waals surface area (Å²) >= 11 is 0. The van der Waals surface area contributed by atoms with E-state index < -0.39 is 45.9 Å². The van der Waals surface area contributed by atoms with Crippen molar-refractivity contribution < 1.29 is 62.3 Å². The van der Waals surface area contributed by atoms with Gasteiger partial charge < -0.3 is 10.4 Å². The van der Waals surface area contributed by atoms with Gasteiger partial charge in [0.2, 0.25) is 11.6 Å². The van der Waals surface area contributed by atoms with Crippen molar-refractivity contribution in [3.8, 4) is 0 Å². The van der Waals surface area contributed by atoms with Gasteiger partial charge in [0, 0.05) is 76.5 Å². The molecule has 0 aliphatic carbocycles. The van der Waals surface area contributed by atoms with Crippen LogP contribution in [0.1, 0.15) is 280 Å². The van der Waals surface area contributed by atoms with Crippen LogP contribution in [0.3, 0.4) is 0 Å². The minimum Gasteiger partial charge on any atom is -0.619 e. The third-order valence-electron chi connectivity index (χ3n) is 18.2. The average molecular weight is 1880 g/mol. The number of anilines is 4. The number of pyridine rings is 2. The number of nitrogens with one attached hydrogen (secondary N) is 4. The fourth-order valence-electron chi connectivity index (χ4n) is 11.0. The van der Waals surface area contributed by atoms with E-state index in [1.807, 2.05) is 222 Å². The molecule has 0 saturated carbocycles. The lowest BCUT2D eigenvalue weighted by molar-refractivity contribution is -0.612. The zero-order chi connectivity index (χ0) is 102. The van der Waals surface area contributed by atoms with Crippen LogP contribution in [0, 0.1) is 107 Å². The second-order valence-corrected chi connectivity index (χ2v) is 33.6. The molecule has 4 aromatic heterocycles. The quantitative estimate of drug-likeness (QED) is 0.0313. The molecule has 0 fully saturated rings. The molecular formula is C104H142N10O14S4. The molecule has 28 heteroatoms. The molecule has 0 aliphatic rings. The van der Waals surface area contributed by atoms with Gasteiger partial charge in [-0.2, -0.15) is 14.6 Å². The van der Waals surface area contributed by atoms with Crippen molar-refractivity contribution in [2.24, 2.45) is 0 Å². The normalized spacial score (nSPS) is 10.0. The minimum absolute atomic E-state index is 0.114. The highest BCUT2D eigenvalue weighted by Gasteiger charge is 2.28. The Bertz CT molecular complexity index is 5910. The Kier molecular flexibility index (Phi) is 56.4. The Labute approximate surface area is 789 Å². The van der Waals surface area contributed by atoms with E-state index in [0.717, 1.165) is 66.8 Å². The molecule has 12 aromatic rings. The minimum atomic E-state index is -3.87.